The van der Waals surface area contributed by atoms with Gasteiger partial charge in [0, 0.05) is 0 Å². The van der Waals surface area contributed by atoms with Gasteiger partial charge in [-0.3, -0.25) is 10.1 Å². The topological polar surface area (TPSA) is 85.4 Å². The van der Waals surface area contributed by atoms with E-state index in [4.69, 9.17) is 14.7 Å². The maximum Gasteiger partial charge on any atom is 0.290 e. The molecular formula is C15H12N2O4. The number of benzene rings is 2. The van der Waals surface area contributed by atoms with Crippen molar-refractivity contribution in [3.05, 3.63) is 57.6 Å². The van der Waals surface area contributed by atoms with E-state index in [1.54, 1.807) is 18.2 Å². The van der Waals surface area contributed by atoms with E-state index in [1.807, 2.05) is 13.0 Å². The van der Waals surface area contributed by atoms with E-state index < -0.39 is 4.92 Å². The summed E-state index contributed by atoms with van der Waals surface area (Å²) in [6, 6.07) is 11.2. The highest BCUT2D eigenvalue weighted by molar-refractivity contribution is 5.54. The van der Waals surface area contributed by atoms with Gasteiger partial charge < -0.3 is 9.47 Å². The van der Waals surface area contributed by atoms with E-state index in [1.165, 1.54) is 25.3 Å². The molecule has 0 aromatic heterocycles. The highest BCUT2D eigenvalue weighted by Crippen LogP contribution is 2.34. The summed E-state index contributed by atoms with van der Waals surface area (Å²) in [4.78, 5) is 10.3. The zero-order valence-corrected chi connectivity index (χ0v) is 11.5. The first-order valence-electron chi connectivity index (χ1n) is 6.06. The van der Waals surface area contributed by atoms with E-state index in [0.717, 1.165) is 5.56 Å². The second kappa shape index (κ2) is 5.92. The molecule has 0 fully saturated rings. The number of rotatable bonds is 4. The molecule has 2 rings (SSSR count). The predicted molar refractivity (Wildman–Crippen MR) is 75.6 cm³/mol. The summed E-state index contributed by atoms with van der Waals surface area (Å²) in [7, 11) is 1.52. The number of aryl methyl sites for hydroxylation is 1. The lowest BCUT2D eigenvalue weighted by Gasteiger charge is -2.11. The van der Waals surface area contributed by atoms with Crippen LogP contribution in [0.1, 0.15) is 11.1 Å². The third kappa shape index (κ3) is 3.09. The molecule has 0 aliphatic heterocycles. The van der Waals surface area contributed by atoms with Crippen LogP contribution in [0.2, 0.25) is 0 Å². The van der Waals surface area contributed by atoms with Gasteiger partial charge in [0.1, 0.15) is 17.4 Å². The van der Waals surface area contributed by atoms with Crippen LogP contribution in [-0.2, 0) is 0 Å². The standard InChI is InChI=1S/C15H12N2O4/c1-10-3-6-14(15(7-10)20-2)21-12-5-4-11(9-16)13(8-12)17(18)19/h3-8H,1-2H3. The van der Waals surface area contributed by atoms with E-state index in [9.17, 15) is 10.1 Å². The van der Waals surface area contributed by atoms with Crippen molar-refractivity contribution in [1.29, 1.82) is 5.26 Å². The lowest BCUT2D eigenvalue weighted by atomic mass is 10.2. The van der Waals surface area contributed by atoms with Crippen LogP contribution in [-0.4, -0.2) is 12.0 Å². The zero-order chi connectivity index (χ0) is 15.4. The van der Waals surface area contributed by atoms with Gasteiger partial charge in [0.2, 0.25) is 0 Å². The van der Waals surface area contributed by atoms with Crippen LogP contribution in [0, 0.1) is 28.4 Å². The van der Waals surface area contributed by atoms with Gasteiger partial charge >= 0.3 is 0 Å². The molecule has 0 aliphatic carbocycles. The molecule has 0 N–H and O–H groups in total. The zero-order valence-electron chi connectivity index (χ0n) is 11.5. The molecule has 2 aromatic carbocycles. The summed E-state index contributed by atoms with van der Waals surface area (Å²) in [6.07, 6.45) is 0. The fourth-order valence-electron chi connectivity index (χ4n) is 1.81. The van der Waals surface area contributed by atoms with Gasteiger partial charge in [0.25, 0.3) is 5.69 Å². The Morgan fingerprint density at radius 3 is 2.57 bits per heavy atom. The first kappa shape index (κ1) is 14.3. The van der Waals surface area contributed by atoms with Crippen LogP contribution in [0.25, 0.3) is 0 Å². The van der Waals surface area contributed by atoms with Crippen molar-refractivity contribution in [1.82, 2.24) is 0 Å². The first-order valence-corrected chi connectivity index (χ1v) is 6.06. The normalized spacial score (nSPS) is 9.76. The quantitative estimate of drug-likeness (QED) is 0.632. The highest BCUT2D eigenvalue weighted by Gasteiger charge is 2.16. The molecule has 0 heterocycles. The number of hydrogen-bond acceptors (Lipinski definition) is 5. The minimum Gasteiger partial charge on any atom is -0.493 e. The molecule has 0 unspecified atom stereocenters. The van der Waals surface area contributed by atoms with E-state index >= 15 is 0 Å². The van der Waals surface area contributed by atoms with Gasteiger partial charge in [-0.1, -0.05) is 6.07 Å². The Morgan fingerprint density at radius 1 is 1.19 bits per heavy atom. The number of methoxy groups -OCH3 is 1. The average molecular weight is 284 g/mol. The smallest absolute Gasteiger partial charge is 0.290 e. The summed E-state index contributed by atoms with van der Waals surface area (Å²) >= 11 is 0. The lowest BCUT2D eigenvalue weighted by Crippen LogP contribution is -1.95. The van der Waals surface area contributed by atoms with E-state index in [2.05, 4.69) is 0 Å². The first-order chi connectivity index (χ1) is 10.0. The van der Waals surface area contributed by atoms with Crippen molar-refractivity contribution < 1.29 is 14.4 Å². The second-order valence-corrected chi connectivity index (χ2v) is 4.30. The lowest BCUT2D eigenvalue weighted by molar-refractivity contribution is -0.385. The maximum absolute atomic E-state index is 10.9. The molecule has 0 aliphatic rings. The van der Waals surface area contributed by atoms with Gasteiger partial charge in [0.15, 0.2) is 11.5 Å². The number of nitro benzene ring substituents is 1. The third-order valence-corrected chi connectivity index (χ3v) is 2.83. The van der Waals surface area contributed by atoms with E-state index in [-0.39, 0.29) is 17.0 Å². The number of nitriles is 1. The molecule has 0 radical (unpaired) electrons. The van der Waals surface area contributed by atoms with Crippen LogP contribution in [0.3, 0.4) is 0 Å². The number of nitro groups is 1. The fourth-order valence-corrected chi connectivity index (χ4v) is 1.81. The molecule has 0 bridgehead atoms. The molecule has 106 valence electrons. The Morgan fingerprint density at radius 2 is 1.95 bits per heavy atom. The Balaban J connectivity index is 2.39. The van der Waals surface area contributed by atoms with Crippen LogP contribution < -0.4 is 9.47 Å². The SMILES string of the molecule is COc1cc(C)ccc1Oc1ccc(C#N)c([N+](=O)[O-])c1. The van der Waals surface area contributed by atoms with Crippen LogP contribution in [0.5, 0.6) is 17.2 Å². The maximum atomic E-state index is 10.9. The number of ether oxygens (including phenoxy) is 2. The molecule has 6 nitrogen and oxygen atoms in total. The molecule has 0 spiro atoms. The van der Waals surface area contributed by atoms with Crippen LogP contribution in [0.4, 0.5) is 5.69 Å². The summed E-state index contributed by atoms with van der Waals surface area (Å²) < 4.78 is 10.8. The van der Waals surface area contributed by atoms with Gasteiger partial charge in [0.05, 0.1) is 18.1 Å². The van der Waals surface area contributed by atoms with Gasteiger partial charge in [-0.2, -0.15) is 5.26 Å². The van der Waals surface area contributed by atoms with Crippen LogP contribution in [0.15, 0.2) is 36.4 Å². The minimum absolute atomic E-state index is 0.0109. The summed E-state index contributed by atoms with van der Waals surface area (Å²) in [5.74, 6) is 1.24. The fraction of sp³-hybridized carbons (Fsp3) is 0.133. The van der Waals surface area contributed by atoms with E-state index in [0.29, 0.717) is 11.5 Å². The van der Waals surface area contributed by atoms with Crippen molar-refractivity contribution in [3.8, 4) is 23.3 Å². The largest absolute Gasteiger partial charge is 0.493 e. The second-order valence-electron chi connectivity index (χ2n) is 4.30. The molecule has 6 heteroatoms. The molecule has 0 saturated carbocycles. The Bertz CT molecular complexity index is 735. The Hall–Kier alpha value is -3.07. The molecule has 0 amide bonds. The minimum atomic E-state index is -0.613. The van der Waals surface area contributed by atoms with Crippen LogP contribution >= 0.6 is 0 Å². The van der Waals surface area contributed by atoms with Crippen molar-refractivity contribution in [2.45, 2.75) is 6.92 Å². The monoisotopic (exact) mass is 284 g/mol. The van der Waals surface area contributed by atoms with Gasteiger partial charge in [-0.05, 0) is 36.8 Å². The summed E-state index contributed by atoms with van der Waals surface area (Å²) in [5.41, 5.74) is 0.703. The molecule has 2 aromatic rings. The summed E-state index contributed by atoms with van der Waals surface area (Å²) in [5, 5.41) is 19.8. The predicted octanol–water partition coefficient (Wildman–Crippen LogP) is 3.58. The third-order valence-electron chi connectivity index (χ3n) is 2.83. The molecule has 0 atom stereocenters. The van der Waals surface area contributed by atoms with Crippen molar-refractivity contribution >= 4 is 5.69 Å². The van der Waals surface area contributed by atoms with Crippen molar-refractivity contribution in [3.63, 3.8) is 0 Å². The van der Waals surface area contributed by atoms with Crippen molar-refractivity contribution in [2.75, 3.05) is 7.11 Å². The molecular weight excluding hydrogens is 272 g/mol. The highest BCUT2D eigenvalue weighted by atomic mass is 16.6. The molecule has 0 saturated heterocycles. The van der Waals surface area contributed by atoms with Gasteiger partial charge in [-0.25, -0.2) is 0 Å². The average Bonchev–Trinajstić information content (AvgIpc) is 2.48. The van der Waals surface area contributed by atoms with Crippen molar-refractivity contribution in [2.24, 2.45) is 0 Å². The summed E-state index contributed by atoms with van der Waals surface area (Å²) in [6.45, 7) is 1.92. The number of nitrogens with zero attached hydrogens (tertiary/aromatic N) is 2. The number of hydrogen-bond donors (Lipinski definition) is 0. The molecule has 21 heavy (non-hydrogen) atoms. The Labute approximate surface area is 121 Å². The van der Waals surface area contributed by atoms with Gasteiger partial charge in [-0.15, -0.1) is 0 Å². The Kier molecular flexibility index (Phi) is 4.05.